The Morgan fingerprint density at radius 2 is 2.05 bits per heavy atom. The predicted molar refractivity (Wildman–Crippen MR) is 83.1 cm³/mol. The van der Waals surface area contributed by atoms with Gasteiger partial charge < -0.3 is 15.5 Å². The first kappa shape index (κ1) is 16.5. The predicted octanol–water partition coefficient (Wildman–Crippen LogP) is 0.199. The molecule has 0 radical (unpaired) electrons. The molecule has 1 aliphatic rings. The van der Waals surface area contributed by atoms with E-state index < -0.39 is 6.04 Å². The number of likely N-dealkylation sites (tertiary alicyclic amines) is 1. The summed E-state index contributed by atoms with van der Waals surface area (Å²) in [6.45, 7) is 2.07. The molecule has 2 heterocycles. The molecule has 1 aromatic rings. The molecule has 0 spiro atoms. The quantitative estimate of drug-likeness (QED) is 0.787. The van der Waals surface area contributed by atoms with Crippen molar-refractivity contribution in [3.8, 4) is 0 Å². The second-order valence-corrected chi connectivity index (χ2v) is 5.65. The lowest BCUT2D eigenvalue weighted by Crippen LogP contribution is -2.40. The minimum absolute atomic E-state index is 0.127. The Bertz CT molecular complexity index is 508. The molecule has 1 aliphatic heterocycles. The maximum atomic E-state index is 12.2. The minimum Gasteiger partial charge on any atom is -0.354 e. The molecule has 1 saturated heterocycles. The van der Waals surface area contributed by atoms with E-state index in [1.165, 1.54) is 6.42 Å². The van der Waals surface area contributed by atoms with Crippen molar-refractivity contribution < 1.29 is 9.59 Å². The van der Waals surface area contributed by atoms with Crippen LogP contribution in [0.25, 0.3) is 0 Å². The zero-order valence-corrected chi connectivity index (χ0v) is 13.3. The molecule has 7 nitrogen and oxygen atoms in total. The van der Waals surface area contributed by atoms with Crippen LogP contribution < -0.4 is 10.6 Å². The van der Waals surface area contributed by atoms with Crippen LogP contribution in [0.4, 0.5) is 0 Å². The molecule has 1 fully saturated rings. The van der Waals surface area contributed by atoms with Crippen molar-refractivity contribution in [3.63, 3.8) is 0 Å². The van der Waals surface area contributed by atoms with Gasteiger partial charge in [0.05, 0.1) is 6.20 Å². The van der Waals surface area contributed by atoms with Crippen molar-refractivity contribution in [1.29, 1.82) is 0 Å². The van der Waals surface area contributed by atoms with E-state index in [4.69, 9.17) is 0 Å². The fourth-order valence-electron chi connectivity index (χ4n) is 2.73. The fourth-order valence-corrected chi connectivity index (χ4v) is 2.73. The standard InChI is InChI=1S/C15H25N5O2/c1-16-14(12-10-18-19(2)11-12)15(22)17-7-6-13(21)20-8-4-3-5-9-20/h10-11,14,16H,3-9H2,1-2H3,(H,17,22). The second-order valence-electron chi connectivity index (χ2n) is 5.65. The number of hydrogen-bond donors (Lipinski definition) is 2. The third-order valence-corrected chi connectivity index (χ3v) is 3.96. The van der Waals surface area contributed by atoms with Crippen molar-refractivity contribution in [1.82, 2.24) is 25.3 Å². The maximum Gasteiger partial charge on any atom is 0.241 e. The molecule has 22 heavy (non-hydrogen) atoms. The highest BCUT2D eigenvalue weighted by Gasteiger charge is 2.21. The van der Waals surface area contributed by atoms with Gasteiger partial charge in [0, 0.05) is 44.9 Å². The first-order valence-corrected chi connectivity index (χ1v) is 7.83. The lowest BCUT2D eigenvalue weighted by atomic mass is 10.1. The van der Waals surface area contributed by atoms with Crippen LogP contribution >= 0.6 is 0 Å². The first-order valence-electron chi connectivity index (χ1n) is 7.83. The average molecular weight is 307 g/mol. The molecule has 0 aromatic carbocycles. The Hall–Kier alpha value is -1.89. The van der Waals surface area contributed by atoms with Crippen molar-refractivity contribution in [2.24, 2.45) is 7.05 Å². The number of rotatable bonds is 6. The molecule has 2 amide bonds. The summed E-state index contributed by atoms with van der Waals surface area (Å²) in [7, 11) is 3.54. The summed E-state index contributed by atoms with van der Waals surface area (Å²) in [5.41, 5.74) is 0.810. The topological polar surface area (TPSA) is 79.3 Å². The van der Waals surface area contributed by atoms with E-state index in [0.29, 0.717) is 13.0 Å². The van der Waals surface area contributed by atoms with Gasteiger partial charge in [-0.3, -0.25) is 14.3 Å². The average Bonchev–Trinajstić information content (AvgIpc) is 2.95. The molecule has 1 unspecified atom stereocenters. The Morgan fingerprint density at radius 3 is 2.64 bits per heavy atom. The molecule has 7 heteroatoms. The zero-order valence-electron chi connectivity index (χ0n) is 13.3. The monoisotopic (exact) mass is 307 g/mol. The van der Waals surface area contributed by atoms with Crippen LogP contribution in [-0.4, -0.2) is 53.2 Å². The van der Waals surface area contributed by atoms with Crippen LogP contribution in [0.5, 0.6) is 0 Å². The maximum absolute atomic E-state index is 12.2. The van der Waals surface area contributed by atoms with Gasteiger partial charge in [-0.05, 0) is 26.3 Å². The number of hydrogen-bond acceptors (Lipinski definition) is 4. The highest BCUT2D eigenvalue weighted by atomic mass is 16.2. The number of nitrogens with one attached hydrogen (secondary N) is 2. The number of carbonyl (C=O) groups excluding carboxylic acids is 2. The summed E-state index contributed by atoms with van der Waals surface area (Å²) >= 11 is 0. The number of likely N-dealkylation sites (N-methyl/N-ethyl adjacent to an activating group) is 1. The van der Waals surface area contributed by atoms with Crippen molar-refractivity contribution in [2.45, 2.75) is 31.7 Å². The lowest BCUT2D eigenvalue weighted by Gasteiger charge is -2.26. The van der Waals surface area contributed by atoms with Gasteiger partial charge in [-0.2, -0.15) is 5.10 Å². The fraction of sp³-hybridized carbons (Fsp3) is 0.667. The smallest absolute Gasteiger partial charge is 0.241 e. The van der Waals surface area contributed by atoms with Crippen LogP contribution in [0.1, 0.15) is 37.3 Å². The van der Waals surface area contributed by atoms with Crippen LogP contribution in [0, 0.1) is 0 Å². The summed E-state index contributed by atoms with van der Waals surface area (Å²) < 4.78 is 1.66. The summed E-state index contributed by atoms with van der Waals surface area (Å²) in [4.78, 5) is 26.1. The Morgan fingerprint density at radius 1 is 1.32 bits per heavy atom. The molecule has 0 aliphatic carbocycles. The molecule has 0 saturated carbocycles. The van der Waals surface area contributed by atoms with Gasteiger partial charge in [-0.25, -0.2) is 0 Å². The van der Waals surface area contributed by atoms with Crippen molar-refractivity contribution in [3.05, 3.63) is 18.0 Å². The van der Waals surface area contributed by atoms with Gasteiger partial charge in [0.1, 0.15) is 6.04 Å². The van der Waals surface area contributed by atoms with Crippen molar-refractivity contribution >= 4 is 11.8 Å². The van der Waals surface area contributed by atoms with E-state index >= 15 is 0 Å². The van der Waals surface area contributed by atoms with Crippen LogP contribution in [0.15, 0.2) is 12.4 Å². The largest absolute Gasteiger partial charge is 0.354 e. The summed E-state index contributed by atoms with van der Waals surface area (Å²) in [6, 6.07) is -0.446. The van der Waals surface area contributed by atoms with E-state index in [1.807, 2.05) is 11.9 Å². The van der Waals surface area contributed by atoms with Gasteiger partial charge in [0.25, 0.3) is 0 Å². The molecule has 1 atom stereocenters. The highest BCUT2D eigenvalue weighted by molar-refractivity contribution is 5.84. The summed E-state index contributed by atoms with van der Waals surface area (Å²) in [6.07, 6.45) is 7.20. The van der Waals surface area contributed by atoms with Crippen molar-refractivity contribution in [2.75, 3.05) is 26.7 Å². The van der Waals surface area contributed by atoms with E-state index in [0.717, 1.165) is 31.5 Å². The van der Waals surface area contributed by atoms with Gasteiger partial charge in [0.15, 0.2) is 0 Å². The number of amides is 2. The molecule has 1 aromatic heterocycles. The number of piperidine rings is 1. The Labute approximate surface area is 131 Å². The third kappa shape index (κ3) is 4.30. The molecule has 2 rings (SSSR count). The number of aromatic nitrogens is 2. The van der Waals surface area contributed by atoms with E-state index in [2.05, 4.69) is 15.7 Å². The highest BCUT2D eigenvalue weighted by Crippen LogP contribution is 2.12. The van der Waals surface area contributed by atoms with E-state index in [9.17, 15) is 9.59 Å². The summed E-state index contributed by atoms with van der Waals surface area (Å²) in [5.74, 6) is -0.00988. The van der Waals surface area contributed by atoms with Crippen LogP contribution in [0.2, 0.25) is 0 Å². The molecular weight excluding hydrogens is 282 g/mol. The summed E-state index contributed by atoms with van der Waals surface area (Å²) in [5, 5.41) is 9.87. The molecular formula is C15H25N5O2. The first-order chi connectivity index (χ1) is 10.6. The van der Waals surface area contributed by atoms with Gasteiger partial charge >= 0.3 is 0 Å². The molecule has 0 bridgehead atoms. The van der Waals surface area contributed by atoms with Gasteiger partial charge in [-0.15, -0.1) is 0 Å². The number of aryl methyl sites for hydroxylation is 1. The normalized spacial score (nSPS) is 16.4. The van der Waals surface area contributed by atoms with E-state index in [1.54, 1.807) is 24.1 Å². The Kier molecular flexibility index (Phi) is 5.94. The van der Waals surface area contributed by atoms with E-state index in [-0.39, 0.29) is 11.8 Å². The molecule has 122 valence electrons. The van der Waals surface area contributed by atoms with Crippen LogP contribution in [-0.2, 0) is 16.6 Å². The molecule has 2 N–H and O–H groups in total. The second kappa shape index (κ2) is 7.93. The lowest BCUT2D eigenvalue weighted by molar-refractivity contribution is -0.132. The third-order valence-electron chi connectivity index (χ3n) is 3.96. The zero-order chi connectivity index (χ0) is 15.9. The SMILES string of the molecule is CNC(C(=O)NCCC(=O)N1CCCCC1)c1cnn(C)c1. The minimum atomic E-state index is -0.446. The van der Waals surface area contributed by atoms with Gasteiger partial charge in [0.2, 0.25) is 11.8 Å². The van der Waals surface area contributed by atoms with Gasteiger partial charge in [-0.1, -0.05) is 0 Å². The Balaban J connectivity index is 1.77. The number of carbonyl (C=O) groups is 2. The van der Waals surface area contributed by atoms with Crippen LogP contribution in [0.3, 0.4) is 0 Å². The number of nitrogens with zero attached hydrogens (tertiary/aromatic N) is 3.